The first-order chi connectivity index (χ1) is 16.2. The number of thioether (sulfide) groups is 1. The number of carbonyl (C=O) groups excluding carboxylic acids is 1. The van der Waals surface area contributed by atoms with Crippen molar-refractivity contribution in [2.75, 3.05) is 6.54 Å². The normalized spacial score (nSPS) is 16.6. The molecule has 1 atom stereocenters. The second-order valence-corrected chi connectivity index (χ2v) is 8.12. The molecule has 0 aromatic heterocycles. The Morgan fingerprint density at radius 2 is 1.97 bits per heavy atom. The lowest BCUT2D eigenvalue weighted by Crippen LogP contribution is -2.29. The molecule has 0 spiro atoms. The maximum absolute atomic E-state index is 13.1. The Morgan fingerprint density at radius 3 is 2.59 bits per heavy atom. The van der Waals surface area contributed by atoms with Gasteiger partial charge in [-0.05, 0) is 42.5 Å². The van der Waals surface area contributed by atoms with Gasteiger partial charge in [-0.25, -0.2) is 14.6 Å². The van der Waals surface area contributed by atoms with Crippen LogP contribution in [0.1, 0.15) is 29.3 Å². The fourth-order valence-electron chi connectivity index (χ4n) is 3.07. The van der Waals surface area contributed by atoms with Gasteiger partial charge in [0.05, 0.1) is 10.6 Å². The number of carboxylic acid groups (broad SMARTS) is 2. The van der Waals surface area contributed by atoms with Crippen LogP contribution >= 0.6 is 11.8 Å². The average molecular weight is 483 g/mol. The first-order valence-corrected chi connectivity index (χ1v) is 11.0. The number of amides is 1. The van der Waals surface area contributed by atoms with Crippen LogP contribution in [0.2, 0.25) is 0 Å². The summed E-state index contributed by atoms with van der Waals surface area (Å²) < 4.78 is 5.64. The Labute approximate surface area is 199 Å². The number of nitrogens with zero attached hydrogens (tertiary/aromatic N) is 2. The van der Waals surface area contributed by atoms with Gasteiger partial charge in [-0.3, -0.25) is 9.69 Å². The van der Waals surface area contributed by atoms with E-state index >= 15 is 0 Å². The van der Waals surface area contributed by atoms with Crippen LogP contribution in [-0.4, -0.2) is 55.9 Å². The first-order valence-electron chi connectivity index (χ1n) is 10.2. The highest BCUT2D eigenvalue weighted by Gasteiger charge is 2.33. The van der Waals surface area contributed by atoms with Crippen molar-refractivity contribution in [3.63, 3.8) is 0 Å². The van der Waals surface area contributed by atoms with Crippen molar-refractivity contribution >= 4 is 46.5 Å². The summed E-state index contributed by atoms with van der Waals surface area (Å²) in [5, 5.41) is 28.6. The molecule has 1 heterocycles. The summed E-state index contributed by atoms with van der Waals surface area (Å²) in [6.45, 7) is 5.55. The van der Waals surface area contributed by atoms with Gasteiger partial charge in [0, 0.05) is 18.2 Å². The highest BCUT2D eigenvalue weighted by atomic mass is 32.2. The smallest absolute Gasteiger partial charge is 0.344 e. The number of carbonyl (C=O) groups is 3. The maximum Gasteiger partial charge on any atom is 0.344 e. The van der Waals surface area contributed by atoms with Crippen molar-refractivity contribution in [1.29, 1.82) is 0 Å². The molecule has 1 saturated heterocycles. The van der Waals surface area contributed by atoms with Crippen LogP contribution in [0.25, 0.3) is 6.08 Å². The summed E-state index contributed by atoms with van der Waals surface area (Å²) in [7, 11) is 0. The second-order valence-electron chi connectivity index (χ2n) is 7.11. The van der Waals surface area contributed by atoms with Gasteiger partial charge >= 0.3 is 11.9 Å². The number of para-hydroxylation sites is 1. The van der Waals surface area contributed by atoms with Crippen molar-refractivity contribution in [3.8, 4) is 11.5 Å². The summed E-state index contributed by atoms with van der Waals surface area (Å²) in [6.07, 6.45) is 2.38. The number of aromatic carboxylic acids is 1. The van der Waals surface area contributed by atoms with Gasteiger partial charge in [0.15, 0.2) is 11.3 Å². The number of amidine groups is 1. The molecular formula is C24H22N2O7S. The Morgan fingerprint density at radius 1 is 1.24 bits per heavy atom. The van der Waals surface area contributed by atoms with E-state index < -0.39 is 23.8 Å². The Balaban J connectivity index is 1.96. The van der Waals surface area contributed by atoms with E-state index in [0.29, 0.717) is 21.4 Å². The number of hydrogen-bond acceptors (Lipinski definition) is 7. The number of aliphatic carboxylic acids is 1. The van der Waals surface area contributed by atoms with E-state index in [0.717, 1.165) is 11.8 Å². The molecule has 2 aromatic rings. The lowest BCUT2D eigenvalue weighted by molar-refractivity contribution is -0.145. The van der Waals surface area contributed by atoms with E-state index in [-0.39, 0.29) is 30.1 Å². The monoisotopic (exact) mass is 482 g/mol. The number of phenols is 1. The number of benzene rings is 2. The number of aliphatic imine (C=N–C) groups is 1. The molecule has 0 aliphatic carbocycles. The predicted octanol–water partition coefficient (Wildman–Crippen LogP) is 4.12. The van der Waals surface area contributed by atoms with E-state index in [4.69, 9.17) is 9.84 Å². The van der Waals surface area contributed by atoms with Crippen molar-refractivity contribution in [1.82, 2.24) is 4.90 Å². The molecule has 1 unspecified atom stereocenters. The molecule has 3 rings (SSSR count). The van der Waals surface area contributed by atoms with Crippen LogP contribution in [0.5, 0.6) is 11.5 Å². The van der Waals surface area contributed by atoms with Crippen molar-refractivity contribution < 1.29 is 34.4 Å². The minimum Gasteiger partial charge on any atom is -0.507 e. The highest BCUT2D eigenvalue weighted by Crippen LogP contribution is 2.36. The van der Waals surface area contributed by atoms with Crippen LogP contribution < -0.4 is 4.74 Å². The lowest BCUT2D eigenvalue weighted by atomic mass is 10.1. The van der Waals surface area contributed by atoms with Crippen molar-refractivity contribution in [3.05, 3.63) is 71.2 Å². The Bertz CT molecular complexity index is 1210. The average Bonchev–Trinajstić information content (AvgIpc) is 3.07. The number of carboxylic acids is 2. The Kier molecular flexibility index (Phi) is 7.75. The van der Waals surface area contributed by atoms with Gasteiger partial charge in [-0.2, -0.15) is 0 Å². The molecule has 1 fully saturated rings. The third kappa shape index (κ3) is 5.46. The number of hydrogen-bond donors (Lipinski definition) is 3. The van der Waals surface area contributed by atoms with E-state index in [9.17, 15) is 24.6 Å². The summed E-state index contributed by atoms with van der Waals surface area (Å²) in [5.41, 5.74) is 0.538. The van der Waals surface area contributed by atoms with E-state index in [1.807, 2.05) is 0 Å². The largest absolute Gasteiger partial charge is 0.507 e. The molecule has 1 amide bonds. The molecule has 9 nitrogen and oxygen atoms in total. The third-order valence-electron chi connectivity index (χ3n) is 4.76. The number of ether oxygens (including phenoxy) is 1. The molecule has 0 saturated carbocycles. The highest BCUT2D eigenvalue weighted by molar-refractivity contribution is 8.18. The van der Waals surface area contributed by atoms with Gasteiger partial charge in [-0.1, -0.05) is 31.2 Å². The molecule has 34 heavy (non-hydrogen) atoms. The zero-order valence-corrected chi connectivity index (χ0v) is 19.0. The molecule has 176 valence electrons. The maximum atomic E-state index is 13.1. The molecule has 2 aromatic carbocycles. The van der Waals surface area contributed by atoms with E-state index in [2.05, 4.69) is 11.6 Å². The van der Waals surface area contributed by atoms with E-state index in [1.165, 1.54) is 29.2 Å². The molecule has 0 radical (unpaired) electrons. The summed E-state index contributed by atoms with van der Waals surface area (Å²) in [4.78, 5) is 41.7. The van der Waals surface area contributed by atoms with Crippen molar-refractivity contribution in [2.45, 2.75) is 19.4 Å². The summed E-state index contributed by atoms with van der Waals surface area (Å²) >= 11 is 1.08. The summed E-state index contributed by atoms with van der Waals surface area (Å²) in [6, 6.07) is 10.7. The van der Waals surface area contributed by atoms with Gasteiger partial charge < -0.3 is 20.1 Å². The number of aromatic hydroxyl groups is 1. The number of rotatable bonds is 9. The van der Waals surface area contributed by atoms with Gasteiger partial charge in [0.2, 0.25) is 0 Å². The minimum absolute atomic E-state index is 0.177. The quantitative estimate of drug-likeness (QED) is 0.359. The van der Waals surface area contributed by atoms with Crippen LogP contribution in [0.3, 0.4) is 0 Å². The van der Waals surface area contributed by atoms with Gasteiger partial charge in [0.25, 0.3) is 5.91 Å². The molecule has 3 N–H and O–H groups in total. The topological polar surface area (TPSA) is 137 Å². The lowest BCUT2D eigenvalue weighted by Gasteiger charge is -2.15. The Hall–Kier alpha value is -4.05. The second kappa shape index (κ2) is 10.7. The van der Waals surface area contributed by atoms with Crippen LogP contribution in [-0.2, 0) is 9.59 Å². The third-order valence-corrected chi connectivity index (χ3v) is 5.76. The molecular weight excluding hydrogens is 460 g/mol. The van der Waals surface area contributed by atoms with Crippen molar-refractivity contribution in [2.24, 2.45) is 4.99 Å². The molecule has 10 heteroatoms. The minimum atomic E-state index is -1.27. The summed E-state index contributed by atoms with van der Waals surface area (Å²) in [5.74, 6) is -2.80. The van der Waals surface area contributed by atoms with Crippen LogP contribution in [0, 0.1) is 0 Å². The van der Waals surface area contributed by atoms with Crippen LogP contribution in [0.4, 0.5) is 5.69 Å². The SMILES string of the molecule is C=CCN1C(=O)/C(=C/c2ccccc2OC(CC)C(=O)O)SC1=Nc1ccc(C(=O)O)c(O)c1. The molecule has 0 bridgehead atoms. The molecule has 1 aliphatic rings. The standard InChI is InChI=1S/C24H22N2O7S/c1-3-11-26-21(28)20(12-14-7-5-6-8-19(14)33-18(4-2)23(31)32)34-24(26)25-15-9-10-16(22(29)30)17(27)13-15/h3,5-10,12-13,18,27H,1,4,11H2,2H3,(H,29,30)(H,31,32)/b20-12-,25-24?. The zero-order valence-electron chi connectivity index (χ0n) is 18.2. The van der Waals surface area contributed by atoms with Gasteiger partial charge in [-0.15, -0.1) is 6.58 Å². The zero-order chi connectivity index (χ0) is 24.8. The van der Waals surface area contributed by atoms with E-state index in [1.54, 1.807) is 37.3 Å². The fourth-order valence-corrected chi connectivity index (χ4v) is 4.07. The van der Waals surface area contributed by atoms with Gasteiger partial charge in [0.1, 0.15) is 17.1 Å². The molecule has 1 aliphatic heterocycles. The first kappa shape index (κ1) is 24.6. The van der Waals surface area contributed by atoms with Crippen LogP contribution in [0.15, 0.2) is 65.0 Å². The fraction of sp³-hybridized carbons (Fsp3) is 0.167. The predicted molar refractivity (Wildman–Crippen MR) is 128 cm³/mol.